The lowest BCUT2D eigenvalue weighted by Gasteiger charge is -2.40. The fourth-order valence-electron chi connectivity index (χ4n) is 4.21. The maximum atomic E-state index is 13.0. The number of nitrogens with zero attached hydrogens (tertiary/aromatic N) is 3. The zero-order chi connectivity index (χ0) is 19.3. The number of benzene rings is 1. The average molecular weight is 369 g/mol. The molecule has 1 unspecified atom stereocenters. The van der Waals surface area contributed by atoms with Crippen LogP contribution in [0.5, 0.6) is 0 Å². The number of rotatable bonds is 4. The lowest BCUT2D eigenvalue weighted by Crippen LogP contribution is -2.51. The van der Waals surface area contributed by atoms with E-state index in [1.165, 1.54) is 7.11 Å². The molecule has 2 aliphatic heterocycles. The van der Waals surface area contributed by atoms with Gasteiger partial charge >= 0.3 is 0 Å². The van der Waals surface area contributed by atoms with E-state index in [2.05, 4.69) is 6.07 Å². The average Bonchev–Trinajstić information content (AvgIpc) is 2.74. The largest absolute Gasteiger partial charge is 0.375 e. The molecule has 6 nitrogen and oxygen atoms in total. The van der Waals surface area contributed by atoms with Crippen LogP contribution in [0.3, 0.4) is 0 Å². The third-order valence-corrected chi connectivity index (χ3v) is 5.86. The third kappa shape index (κ3) is 4.14. The van der Waals surface area contributed by atoms with Crippen LogP contribution in [0.1, 0.15) is 31.2 Å². The van der Waals surface area contributed by atoms with E-state index >= 15 is 0 Å². The minimum Gasteiger partial charge on any atom is -0.375 e. The SMILES string of the molecule is COCC(=O)N1CCCC(C(=O)N2CCC(C#N)(c3ccccc3)CC2)C1. The Bertz CT molecular complexity index is 705. The third-order valence-electron chi connectivity index (χ3n) is 5.86. The van der Waals surface area contributed by atoms with Crippen LogP contribution in [0.4, 0.5) is 0 Å². The number of hydrogen-bond acceptors (Lipinski definition) is 4. The van der Waals surface area contributed by atoms with Crippen molar-refractivity contribution in [3.05, 3.63) is 35.9 Å². The highest BCUT2D eigenvalue weighted by atomic mass is 16.5. The van der Waals surface area contributed by atoms with Crippen molar-refractivity contribution >= 4 is 11.8 Å². The van der Waals surface area contributed by atoms with Crippen LogP contribution in [0.25, 0.3) is 0 Å². The van der Waals surface area contributed by atoms with E-state index in [0.29, 0.717) is 39.0 Å². The number of piperidine rings is 2. The van der Waals surface area contributed by atoms with Gasteiger partial charge in [-0.15, -0.1) is 0 Å². The Morgan fingerprint density at radius 3 is 2.52 bits per heavy atom. The first-order chi connectivity index (χ1) is 13.1. The number of methoxy groups -OCH3 is 1. The molecule has 6 heteroatoms. The van der Waals surface area contributed by atoms with Crippen LogP contribution in [0.2, 0.25) is 0 Å². The molecule has 2 heterocycles. The number of carbonyl (C=O) groups is 2. The maximum absolute atomic E-state index is 13.0. The summed E-state index contributed by atoms with van der Waals surface area (Å²) in [6, 6.07) is 12.4. The fourth-order valence-corrected chi connectivity index (χ4v) is 4.21. The molecule has 27 heavy (non-hydrogen) atoms. The minimum absolute atomic E-state index is 0.0544. The van der Waals surface area contributed by atoms with Gasteiger partial charge in [0.25, 0.3) is 0 Å². The van der Waals surface area contributed by atoms with Gasteiger partial charge in [0.05, 0.1) is 17.4 Å². The van der Waals surface area contributed by atoms with Crippen molar-refractivity contribution in [2.24, 2.45) is 5.92 Å². The summed E-state index contributed by atoms with van der Waals surface area (Å²) < 4.78 is 4.93. The minimum atomic E-state index is -0.509. The van der Waals surface area contributed by atoms with Crippen molar-refractivity contribution in [3.8, 4) is 6.07 Å². The standard InChI is InChI=1S/C21H27N3O3/c1-27-15-19(25)24-11-5-6-17(14-24)20(26)23-12-9-21(16-22,10-13-23)18-7-3-2-4-8-18/h2-4,7-8,17H,5-6,9-15H2,1H3. The number of amides is 2. The van der Waals surface area contributed by atoms with Crippen LogP contribution in [-0.4, -0.2) is 61.5 Å². The summed E-state index contributed by atoms with van der Waals surface area (Å²) in [5.74, 6) is -0.0865. The number of carbonyl (C=O) groups excluding carboxylic acids is 2. The summed E-state index contributed by atoms with van der Waals surface area (Å²) in [5, 5.41) is 9.81. The predicted molar refractivity (Wildman–Crippen MR) is 101 cm³/mol. The first kappa shape index (κ1) is 19.4. The van der Waals surface area contributed by atoms with Gasteiger partial charge in [0.2, 0.25) is 11.8 Å². The smallest absolute Gasteiger partial charge is 0.248 e. The van der Waals surface area contributed by atoms with Gasteiger partial charge in [-0.25, -0.2) is 0 Å². The molecule has 2 saturated heterocycles. The molecular weight excluding hydrogens is 342 g/mol. The van der Waals surface area contributed by atoms with E-state index in [-0.39, 0.29) is 24.3 Å². The molecule has 0 saturated carbocycles. The van der Waals surface area contributed by atoms with Crippen molar-refractivity contribution < 1.29 is 14.3 Å². The fraction of sp³-hybridized carbons (Fsp3) is 0.571. The number of likely N-dealkylation sites (tertiary alicyclic amines) is 2. The molecule has 0 aliphatic carbocycles. The zero-order valence-electron chi connectivity index (χ0n) is 15.9. The summed E-state index contributed by atoms with van der Waals surface area (Å²) >= 11 is 0. The second-order valence-electron chi connectivity index (χ2n) is 7.50. The molecule has 0 bridgehead atoms. The van der Waals surface area contributed by atoms with E-state index in [1.807, 2.05) is 35.2 Å². The lowest BCUT2D eigenvalue weighted by molar-refractivity contribution is -0.143. The second kappa shape index (κ2) is 8.53. The Balaban J connectivity index is 1.61. The van der Waals surface area contributed by atoms with Crippen molar-refractivity contribution in [1.29, 1.82) is 5.26 Å². The molecule has 144 valence electrons. The number of ether oxygens (including phenoxy) is 1. The Morgan fingerprint density at radius 1 is 1.19 bits per heavy atom. The quantitative estimate of drug-likeness (QED) is 0.813. The molecular formula is C21H27N3O3. The number of nitriles is 1. The van der Waals surface area contributed by atoms with Crippen LogP contribution in [0.15, 0.2) is 30.3 Å². The lowest BCUT2D eigenvalue weighted by atomic mass is 9.74. The summed E-state index contributed by atoms with van der Waals surface area (Å²) in [4.78, 5) is 28.7. The molecule has 2 amide bonds. The summed E-state index contributed by atoms with van der Waals surface area (Å²) in [5.41, 5.74) is 0.527. The zero-order valence-corrected chi connectivity index (χ0v) is 15.9. The van der Waals surface area contributed by atoms with Gasteiger partial charge in [0.15, 0.2) is 0 Å². The summed E-state index contributed by atoms with van der Waals surface area (Å²) in [6.07, 6.45) is 2.95. The molecule has 3 rings (SSSR count). The molecule has 2 fully saturated rings. The molecule has 1 aromatic rings. The van der Waals surface area contributed by atoms with Crippen LogP contribution in [-0.2, 0) is 19.7 Å². The summed E-state index contributed by atoms with van der Waals surface area (Å²) in [7, 11) is 1.51. The Labute approximate surface area is 160 Å². The van der Waals surface area contributed by atoms with Crippen molar-refractivity contribution in [2.45, 2.75) is 31.1 Å². The van der Waals surface area contributed by atoms with E-state index in [0.717, 1.165) is 18.4 Å². The monoisotopic (exact) mass is 369 g/mol. The molecule has 0 spiro atoms. The molecule has 0 aromatic heterocycles. The van der Waals surface area contributed by atoms with E-state index in [4.69, 9.17) is 4.74 Å². The Kier molecular flexibility index (Phi) is 6.12. The van der Waals surface area contributed by atoms with Crippen LogP contribution in [0, 0.1) is 17.2 Å². The first-order valence-electron chi connectivity index (χ1n) is 9.62. The van der Waals surface area contributed by atoms with E-state index in [9.17, 15) is 14.9 Å². The molecule has 0 N–H and O–H groups in total. The van der Waals surface area contributed by atoms with Crippen LogP contribution < -0.4 is 0 Å². The van der Waals surface area contributed by atoms with E-state index in [1.54, 1.807) is 4.90 Å². The topological polar surface area (TPSA) is 73.6 Å². The van der Waals surface area contributed by atoms with Crippen molar-refractivity contribution in [2.75, 3.05) is 39.9 Å². The second-order valence-corrected chi connectivity index (χ2v) is 7.50. The first-order valence-corrected chi connectivity index (χ1v) is 9.62. The molecule has 0 radical (unpaired) electrons. The normalized spacial score (nSPS) is 22.1. The highest BCUT2D eigenvalue weighted by Crippen LogP contribution is 2.35. The van der Waals surface area contributed by atoms with Gasteiger partial charge in [-0.05, 0) is 31.2 Å². The van der Waals surface area contributed by atoms with Gasteiger partial charge in [0, 0.05) is 33.3 Å². The van der Waals surface area contributed by atoms with Crippen LogP contribution >= 0.6 is 0 Å². The van der Waals surface area contributed by atoms with Crippen molar-refractivity contribution in [1.82, 2.24) is 9.80 Å². The van der Waals surface area contributed by atoms with Gasteiger partial charge in [-0.2, -0.15) is 5.26 Å². The van der Waals surface area contributed by atoms with Gasteiger partial charge in [-0.3, -0.25) is 9.59 Å². The van der Waals surface area contributed by atoms with Crippen molar-refractivity contribution in [3.63, 3.8) is 0 Å². The number of hydrogen-bond donors (Lipinski definition) is 0. The Morgan fingerprint density at radius 2 is 1.89 bits per heavy atom. The maximum Gasteiger partial charge on any atom is 0.248 e. The Hall–Kier alpha value is -2.39. The van der Waals surface area contributed by atoms with Gasteiger partial charge < -0.3 is 14.5 Å². The highest BCUT2D eigenvalue weighted by Gasteiger charge is 2.39. The highest BCUT2D eigenvalue weighted by molar-refractivity contribution is 5.82. The molecule has 1 atom stereocenters. The summed E-state index contributed by atoms with van der Waals surface area (Å²) in [6.45, 7) is 2.40. The van der Waals surface area contributed by atoms with Gasteiger partial charge in [0.1, 0.15) is 6.61 Å². The molecule has 1 aromatic carbocycles. The van der Waals surface area contributed by atoms with Gasteiger partial charge in [-0.1, -0.05) is 30.3 Å². The van der Waals surface area contributed by atoms with E-state index < -0.39 is 5.41 Å². The predicted octanol–water partition coefficient (Wildman–Crippen LogP) is 1.96. The molecule has 2 aliphatic rings.